The van der Waals surface area contributed by atoms with Crippen molar-refractivity contribution in [3.05, 3.63) is 69.6 Å². The van der Waals surface area contributed by atoms with Crippen LogP contribution < -0.4 is 10.2 Å². The van der Waals surface area contributed by atoms with E-state index in [1.807, 2.05) is 36.4 Å². The molecule has 26 heavy (non-hydrogen) atoms. The van der Waals surface area contributed by atoms with Gasteiger partial charge in [0.05, 0.1) is 16.0 Å². The molecule has 1 N–H and O–H groups in total. The minimum absolute atomic E-state index is 0.0189. The highest BCUT2D eigenvalue weighted by atomic mass is 32.1. The quantitative estimate of drug-likeness (QED) is 0.407. The third kappa shape index (κ3) is 4.04. The molecule has 0 aliphatic heterocycles. The summed E-state index contributed by atoms with van der Waals surface area (Å²) in [5.74, 6) is 0.198. The number of nitrogens with one attached hydrogen (secondary N) is 1. The smallest absolute Gasteiger partial charge is 0.324 e. The largest absolute Gasteiger partial charge is 0.480 e. The number of ether oxygens (including phenoxy) is 1. The van der Waals surface area contributed by atoms with Crippen LogP contribution in [0.4, 0.5) is 5.00 Å². The standard InChI is InChI=1S/C18H15N3O4S/c1-12(25-16-8-4-6-13-5-2-3-7-15(13)16)18(22)20-19-11-14-9-10-17(26-14)21(23)24/h2-12H,1H3,(H,20,22). The number of benzene rings is 2. The number of rotatable bonds is 6. The Morgan fingerprint density at radius 3 is 2.77 bits per heavy atom. The van der Waals surface area contributed by atoms with Gasteiger partial charge in [-0.25, -0.2) is 5.43 Å². The molecule has 1 heterocycles. The van der Waals surface area contributed by atoms with E-state index < -0.39 is 16.9 Å². The highest BCUT2D eigenvalue weighted by molar-refractivity contribution is 7.16. The van der Waals surface area contributed by atoms with Crippen LogP contribution >= 0.6 is 11.3 Å². The van der Waals surface area contributed by atoms with Crippen molar-refractivity contribution in [1.29, 1.82) is 0 Å². The van der Waals surface area contributed by atoms with E-state index in [9.17, 15) is 14.9 Å². The zero-order valence-corrected chi connectivity index (χ0v) is 14.6. The van der Waals surface area contributed by atoms with E-state index in [1.54, 1.807) is 19.1 Å². The van der Waals surface area contributed by atoms with Crippen LogP contribution in [0.5, 0.6) is 5.75 Å². The molecule has 1 atom stereocenters. The zero-order chi connectivity index (χ0) is 18.5. The van der Waals surface area contributed by atoms with Crippen LogP contribution in [-0.2, 0) is 4.79 Å². The molecule has 1 amide bonds. The molecule has 2 aromatic carbocycles. The van der Waals surface area contributed by atoms with Gasteiger partial charge in [-0.3, -0.25) is 14.9 Å². The summed E-state index contributed by atoms with van der Waals surface area (Å²) in [6.07, 6.45) is 0.607. The first-order chi connectivity index (χ1) is 12.5. The average Bonchev–Trinajstić information content (AvgIpc) is 3.11. The zero-order valence-electron chi connectivity index (χ0n) is 13.8. The molecule has 0 fully saturated rings. The second-order valence-electron chi connectivity index (χ2n) is 5.40. The molecule has 0 saturated heterocycles. The van der Waals surface area contributed by atoms with Crippen LogP contribution in [0.15, 0.2) is 59.7 Å². The monoisotopic (exact) mass is 369 g/mol. The van der Waals surface area contributed by atoms with Crippen LogP contribution in [0.1, 0.15) is 11.8 Å². The van der Waals surface area contributed by atoms with Gasteiger partial charge >= 0.3 is 5.00 Å². The first-order valence-corrected chi connectivity index (χ1v) is 8.58. The fourth-order valence-electron chi connectivity index (χ4n) is 2.30. The number of carbonyl (C=O) groups is 1. The van der Waals surface area contributed by atoms with Crippen molar-refractivity contribution in [2.75, 3.05) is 0 Å². The van der Waals surface area contributed by atoms with E-state index in [4.69, 9.17) is 4.74 Å². The molecule has 1 aromatic heterocycles. The number of fused-ring (bicyclic) bond motifs is 1. The van der Waals surface area contributed by atoms with Gasteiger partial charge in [-0.05, 0) is 24.4 Å². The summed E-state index contributed by atoms with van der Waals surface area (Å²) in [5.41, 5.74) is 2.38. The van der Waals surface area contributed by atoms with Gasteiger partial charge in [-0.1, -0.05) is 47.7 Å². The van der Waals surface area contributed by atoms with E-state index in [2.05, 4.69) is 10.5 Å². The Bertz CT molecular complexity index is 978. The van der Waals surface area contributed by atoms with Crippen LogP contribution in [-0.4, -0.2) is 23.1 Å². The van der Waals surface area contributed by atoms with Crippen molar-refractivity contribution < 1.29 is 14.5 Å². The molecular formula is C18H15N3O4S. The number of nitrogens with zero attached hydrogens (tertiary/aromatic N) is 2. The second kappa shape index (κ2) is 7.75. The van der Waals surface area contributed by atoms with E-state index in [0.717, 1.165) is 22.1 Å². The molecule has 0 spiro atoms. The summed E-state index contributed by atoms with van der Waals surface area (Å²) in [4.78, 5) is 22.9. The molecular weight excluding hydrogens is 354 g/mol. The molecule has 0 bridgehead atoms. The average molecular weight is 369 g/mol. The lowest BCUT2D eigenvalue weighted by Gasteiger charge is -2.14. The molecule has 0 radical (unpaired) electrons. The minimum Gasteiger partial charge on any atom is -0.480 e. The molecule has 1 unspecified atom stereocenters. The molecule has 3 aromatic rings. The highest BCUT2D eigenvalue weighted by Gasteiger charge is 2.15. The molecule has 8 heteroatoms. The summed E-state index contributed by atoms with van der Waals surface area (Å²) in [6.45, 7) is 1.63. The molecule has 3 rings (SSSR count). The third-order valence-electron chi connectivity index (χ3n) is 3.58. The van der Waals surface area contributed by atoms with Gasteiger partial charge < -0.3 is 4.74 Å². The fourth-order valence-corrected chi connectivity index (χ4v) is 3.00. The molecule has 132 valence electrons. The van der Waals surface area contributed by atoms with Gasteiger partial charge in [0.1, 0.15) is 5.75 Å². The van der Waals surface area contributed by atoms with Crippen molar-refractivity contribution in [3.63, 3.8) is 0 Å². The minimum atomic E-state index is -0.754. The Balaban J connectivity index is 1.62. The number of thiophene rings is 1. The maximum atomic E-state index is 12.1. The number of hydrogen-bond acceptors (Lipinski definition) is 6. The normalized spacial score (nSPS) is 12.2. The van der Waals surface area contributed by atoms with E-state index in [1.165, 1.54) is 12.3 Å². The van der Waals surface area contributed by atoms with Gasteiger partial charge in [0, 0.05) is 11.5 Å². The van der Waals surface area contributed by atoms with Crippen LogP contribution in [0.25, 0.3) is 10.8 Å². The number of amides is 1. The topological polar surface area (TPSA) is 93.8 Å². The number of hydrogen-bond donors (Lipinski definition) is 1. The van der Waals surface area contributed by atoms with Crippen LogP contribution in [0.2, 0.25) is 0 Å². The molecule has 7 nitrogen and oxygen atoms in total. The third-order valence-corrected chi connectivity index (χ3v) is 4.55. The Hall–Kier alpha value is -3.26. The van der Waals surface area contributed by atoms with Crippen LogP contribution in [0.3, 0.4) is 0 Å². The van der Waals surface area contributed by atoms with Crippen molar-refractivity contribution in [2.45, 2.75) is 13.0 Å². The maximum absolute atomic E-state index is 12.1. The number of nitro groups is 1. The first-order valence-electron chi connectivity index (χ1n) is 7.76. The van der Waals surface area contributed by atoms with Gasteiger partial charge in [0.15, 0.2) is 6.10 Å². The van der Waals surface area contributed by atoms with Gasteiger partial charge in [-0.2, -0.15) is 5.10 Å². The van der Waals surface area contributed by atoms with Crippen molar-refractivity contribution in [2.24, 2.45) is 5.10 Å². The number of hydrazone groups is 1. The fraction of sp³-hybridized carbons (Fsp3) is 0.111. The Kier molecular flexibility index (Phi) is 5.23. The Labute approximate surface area is 153 Å². The summed E-state index contributed by atoms with van der Waals surface area (Å²) in [7, 11) is 0. The number of carbonyl (C=O) groups excluding carboxylic acids is 1. The lowest BCUT2D eigenvalue weighted by atomic mass is 10.1. The van der Waals surface area contributed by atoms with E-state index >= 15 is 0 Å². The Morgan fingerprint density at radius 2 is 2.00 bits per heavy atom. The second-order valence-corrected chi connectivity index (χ2v) is 6.50. The summed E-state index contributed by atoms with van der Waals surface area (Å²) < 4.78 is 5.76. The van der Waals surface area contributed by atoms with Crippen molar-refractivity contribution >= 4 is 39.2 Å². The SMILES string of the molecule is CC(Oc1cccc2ccccc12)C(=O)NN=Cc1ccc([N+](=O)[O-])s1. The maximum Gasteiger partial charge on any atom is 0.324 e. The predicted molar refractivity (Wildman–Crippen MR) is 101 cm³/mol. The molecule has 0 saturated carbocycles. The first kappa shape index (κ1) is 17.6. The Morgan fingerprint density at radius 1 is 1.23 bits per heavy atom. The summed E-state index contributed by atoms with van der Waals surface area (Å²) >= 11 is 0.974. The molecule has 0 aliphatic rings. The summed E-state index contributed by atoms with van der Waals surface area (Å²) in [5, 5.41) is 16.4. The lowest BCUT2D eigenvalue weighted by Crippen LogP contribution is -2.33. The molecule has 0 aliphatic carbocycles. The summed E-state index contributed by atoms with van der Waals surface area (Å²) in [6, 6.07) is 16.3. The van der Waals surface area contributed by atoms with Crippen LogP contribution in [0, 0.1) is 10.1 Å². The van der Waals surface area contributed by atoms with Crippen molar-refractivity contribution in [1.82, 2.24) is 5.43 Å². The van der Waals surface area contributed by atoms with Gasteiger partial charge in [0.2, 0.25) is 0 Å². The predicted octanol–water partition coefficient (Wildman–Crippen LogP) is 3.73. The van der Waals surface area contributed by atoms with Gasteiger partial charge in [0.25, 0.3) is 5.91 Å². The van der Waals surface area contributed by atoms with Crippen molar-refractivity contribution in [3.8, 4) is 5.75 Å². The van der Waals surface area contributed by atoms with E-state index in [-0.39, 0.29) is 5.00 Å². The van der Waals surface area contributed by atoms with Gasteiger partial charge in [-0.15, -0.1) is 0 Å². The highest BCUT2D eigenvalue weighted by Crippen LogP contribution is 2.26. The lowest BCUT2D eigenvalue weighted by molar-refractivity contribution is -0.380. The van der Waals surface area contributed by atoms with E-state index in [0.29, 0.717) is 10.6 Å².